The topological polar surface area (TPSA) is 94.9 Å². The number of carbonyl (C=O) groups is 3. The smallest absolute Gasteiger partial charge is 0.323 e. The van der Waals surface area contributed by atoms with Crippen LogP contribution in [0.4, 0.5) is 0 Å². The van der Waals surface area contributed by atoms with E-state index in [0.29, 0.717) is 26.1 Å². The summed E-state index contributed by atoms with van der Waals surface area (Å²) in [7, 11) is 0. The van der Waals surface area contributed by atoms with E-state index >= 15 is 0 Å². The summed E-state index contributed by atoms with van der Waals surface area (Å²) in [5.41, 5.74) is 1.10. The van der Waals surface area contributed by atoms with E-state index in [2.05, 4.69) is 0 Å². The number of nitrogens with zero attached hydrogens (tertiary/aromatic N) is 1. The molecule has 35 heavy (non-hydrogen) atoms. The van der Waals surface area contributed by atoms with Gasteiger partial charge in [0, 0.05) is 14.9 Å². The molecule has 1 amide bonds. The predicted octanol–water partition coefficient (Wildman–Crippen LogP) is 6.10. The lowest BCUT2D eigenvalue weighted by atomic mass is 9.91. The molecule has 180 valence electrons. The van der Waals surface area contributed by atoms with Crippen LogP contribution in [0.25, 0.3) is 0 Å². The molecular weight excluding hydrogens is 509 g/mol. The first-order chi connectivity index (χ1) is 16.7. The predicted molar refractivity (Wildman–Crippen MR) is 135 cm³/mol. The maximum absolute atomic E-state index is 13.6. The number of halogens is 2. The average molecular weight is 530 g/mol. The standard InChI is InChI=1S/C26H21Cl2NO5S/c27-18-10-6-16(7-11-18)21(14-23(31)32)29-22(30)15-26(25(33)34,35-20-4-2-1-3-5-20)24(29)17-8-12-19(28)13-9-17/h1-13,21,24H,14-15H2,(H,31,32)(H,33,34). The molecule has 0 aliphatic carbocycles. The van der Waals surface area contributed by atoms with Gasteiger partial charge in [-0.15, -0.1) is 11.8 Å². The number of carboxylic acids is 2. The van der Waals surface area contributed by atoms with Crippen LogP contribution in [0.5, 0.6) is 0 Å². The zero-order chi connectivity index (χ0) is 25.2. The zero-order valence-corrected chi connectivity index (χ0v) is 20.6. The first kappa shape index (κ1) is 25.1. The number of likely N-dealkylation sites (tertiary alicyclic amines) is 1. The summed E-state index contributed by atoms with van der Waals surface area (Å²) in [4.78, 5) is 40.5. The van der Waals surface area contributed by atoms with Gasteiger partial charge in [-0.3, -0.25) is 14.4 Å². The number of benzene rings is 3. The van der Waals surface area contributed by atoms with Gasteiger partial charge in [0.15, 0.2) is 4.75 Å². The normalized spacial score (nSPS) is 20.6. The molecule has 1 fully saturated rings. The van der Waals surface area contributed by atoms with Crippen LogP contribution >= 0.6 is 35.0 Å². The molecule has 0 radical (unpaired) electrons. The zero-order valence-electron chi connectivity index (χ0n) is 18.3. The second-order valence-corrected chi connectivity index (χ2v) is 10.5. The third kappa shape index (κ3) is 5.17. The number of rotatable bonds is 8. The average Bonchev–Trinajstić information content (AvgIpc) is 3.12. The van der Waals surface area contributed by atoms with Gasteiger partial charge in [0.25, 0.3) is 0 Å². The molecule has 1 saturated heterocycles. The summed E-state index contributed by atoms with van der Waals surface area (Å²) in [5.74, 6) is -2.72. The fourth-order valence-electron chi connectivity index (χ4n) is 4.46. The van der Waals surface area contributed by atoms with Gasteiger partial charge in [0.1, 0.15) is 0 Å². The van der Waals surface area contributed by atoms with Gasteiger partial charge in [0.2, 0.25) is 5.91 Å². The van der Waals surface area contributed by atoms with Crippen molar-refractivity contribution in [2.45, 2.75) is 34.6 Å². The monoisotopic (exact) mass is 529 g/mol. The van der Waals surface area contributed by atoms with Gasteiger partial charge in [0.05, 0.1) is 24.9 Å². The van der Waals surface area contributed by atoms with Gasteiger partial charge in [-0.1, -0.05) is 65.7 Å². The summed E-state index contributed by atoms with van der Waals surface area (Å²) < 4.78 is -1.60. The van der Waals surface area contributed by atoms with E-state index in [1.807, 2.05) is 6.07 Å². The molecule has 0 saturated carbocycles. The van der Waals surface area contributed by atoms with Crippen molar-refractivity contribution in [2.24, 2.45) is 0 Å². The first-order valence-electron chi connectivity index (χ1n) is 10.7. The van der Waals surface area contributed by atoms with Crippen molar-refractivity contribution >= 4 is 52.8 Å². The first-order valence-corrected chi connectivity index (χ1v) is 12.3. The number of carboxylic acid groups (broad SMARTS) is 2. The maximum Gasteiger partial charge on any atom is 0.323 e. The Morgan fingerprint density at radius 3 is 2.06 bits per heavy atom. The number of carbonyl (C=O) groups excluding carboxylic acids is 1. The largest absolute Gasteiger partial charge is 0.481 e. The van der Waals surface area contributed by atoms with Crippen LogP contribution in [-0.4, -0.2) is 37.7 Å². The Kier molecular flexibility index (Phi) is 7.40. The molecule has 9 heteroatoms. The summed E-state index contributed by atoms with van der Waals surface area (Å²) in [6.45, 7) is 0. The van der Waals surface area contributed by atoms with Crippen LogP contribution in [0.2, 0.25) is 10.0 Å². The summed E-state index contributed by atoms with van der Waals surface area (Å²) in [6, 6.07) is 20.3. The Balaban J connectivity index is 1.91. The second kappa shape index (κ2) is 10.3. The SMILES string of the molecule is O=C(O)CC(c1ccc(Cl)cc1)N1C(=O)CC(Sc2ccccc2)(C(=O)O)C1c1ccc(Cl)cc1. The molecule has 0 bridgehead atoms. The molecule has 2 N–H and O–H groups in total. The fraction of sp³-hybridized carbons (Fsp3) is 0.192. The molecule has 3 atom stereocenters. The van der Waals surface area contributed by atoms with E-state index in [-0.39, 0.29) is 6.42 Å². The minimum absolute atomic E-state index is 0.307. The molecule has 6 nitrogen and oxygen atoms in total. The number of amides is 1. The van der Waals surface area contributed by atoms with Gasteiger partial charge in [-0.2, -0.15) is 0 Å². The number of hydrogen-bond acceptors (Lipinski definition) is 4. The minimum atomic E-state index is -1.60. The van der Waals surface area contributed by atoms with Crippen LogP contribution in [0.1, 0.15) is 36.1 Å². The molecule has 1 aliphatic rings. The van der Waals surface area contributed by atoms with Gasteiger partial charge < -0.3 is 15.1 Å². The molecule has 1 heterocycles. The van der Waals surface area contributed by atoms with Gasteiger partial charge >= 0.3 is 11.9 Å². The quantitative estimate of drug-likeness (QED) is 0.366. The lowest BCUT2D eigenvalue weighted by Crippen LogP contribution is -2.43. The second-order valence-electron chi connectivity index (χ2n) is 8.21. The molecule has 3 aromatic carbocycles. The lowest BCUT2D eigenvalue weighted by Gasteiger charge is -2.38. The Morgan fingerprint density at radius 2 is 1.51 bits per heavy atom. The van der Waals surface area contributed by atoms with E-state index in [4.69, 9.17) is 23.2 Å². The van der Waals surface area contributed by atoms with Crippen LogP contribution in [-0.2, 0) is 14.4 Å². The molecule has 3 unspecified atom stereocenters. The highest BCUT2D eigenvalue weighted by Crippen LogP contribution is 2.55. The number of hydrogen-bond donors (Lipinski definition) is 2. The molecular formula is C26H21Cl2NO5S. The fourth-order valence-corrected chi connectivity index (χ4v) is 6.07. The number of thioether (sulfide) groups is 1. The van der Waals surface area contributed by atoms with E-state index in [1.165, 1.54) is 4.90 Å². The van der Waals surface area contributed by atoms with Gasteiger partial charge in [-0.25, -0.2) is 0 Å². The van der Waals surface area contributed by atoms with Crippen molar-refractivity contribution < 1.29 is 24.6 Å². The van der Waals surface area contributed by atoms with E-state index in [0.717, 1.165) is 11.8 Å². The van der Waals surface area contributed by atoms with Crippen molar-refractivity contribution in [3.05, 3.63) is 100 Å². The van der Waals surface area contributed by atoms with Crippen LogP contribution in [0.15, 0.2) is 83.8 Å². The Labute approximate surface area is 216 Å². The Morgan fingerprint density at radius 1 is 0.943 bits per heavy atom. The highest BCUT2D eigenvalue weighted by Gasteiger charge is 2.60. The lowest BCUT2D eigenvalue weighted by molar-refractivity contribution is -0.140. The molecule has 4 rings (SSSR count). The minimum Gasteiger partial charge on any atom is -0.481 e. The summed E-state index contributed by atoms with van der Waals surface area (Å²) >= 11 is 13.2. The molecule has 1 aliphatic heterocycles. The van der Waals surface area contributed by atoms with Crippen molar-refractivity contribution in [1.29, 1.82) is 0 Å². The van der Waals surface area contributed by atoms with Crippen molar-refractivity contribution in [1.82, 2.24) is 4.90 Å². The highest BCUT2D eigenvalue weighted by molar-refractivity contribution is 8.01. The molecule has 3 aromatic rings. The Bertz CT molecular complexity index is 1240. The third-order valence-corrected chi connectivity index (χ3v) is 7.89. The van der Waals surface area contributed by atoms with Gasteiger partial charge in [-0.05, 0) is 47.5 Å². The maximum atomic E-state index is 13.6. The summed E-state index contributed by atoms with van der Waals surface area (Å²) in [6.07, 6.45) is -0.706. The van der Waals surface area contributed by atoms with Crippen molar-refractivity contribution in [3.63, 3.8) is 0 Å². The third-order valence-electron chi connectivity index (χ3n) is 5.97. The Hall–Kier alpha value is -3.00. The van der Waals surface area contributed by atoms with Crippen LogP contribution in [0, 0.1) is 0 Å². The van der Waals surface area contributed by atoms with E-state index in [1.54, 1.807) is 72.8 Å². The van der Waals surface area contributed by atoms with Crippen molar-refractivity contribution in [2.75, 3.05) is 0 Å². The van der Waals surface area contributed by atoms with Crippen LogP contribution in [0.3, 0.4) is 0 Å². The van der Waals surface area contributed by atoms with Crippen molar-refractivity contribution in [3.8, 4) is 0 Å². The van der Waals surface area contributed by atoms with E-state index in [9.17, 15) is 24.6 Å². The van der Waals surface area contributed by atoms with Crippen LogP contribution < -0.4 is 0 Å². The van der Waals surface area contributed by atoms with E-state index < -0.39 is 41.1 Å². The molecule has 0 spiro atoms. The summed E-state index contributed by atoms with van der Waals surface area (Å²) in [5, 5.41) is 21.2. The highest BCUT2D eigenvalue weighted by atomic mass is 35.5. The molecule has 0 aromatic heterocycles. The number of aliphatic carboxylic acids is 2.